The van der Waals surface area contributed by atoms with Gasteiger partial charge in [-0.2, -0.15) is 0 Å². The quantitative estimate of drug-likeness (QED) is 0.0888. The van der Waals surface area contributed by atoms with Gasteiger partial charge in [0.25, 0.3) is 0 Å². The average molecular weight is 1490 g/mol. The van der Waals surface area contributed by atoms with Crippen LogP contribution in [-0.2, 0) is 16.2 Å². The zero-order chi connectivity index (χ0) is 77.8. The van der Waals surface area contributed by atoms with E-state index in [4.69, 9.17) is 0 Å². The van der Waals surface area contributed by atoms with Crippen LogP contribution in [0.25, 0.3) is 144 Å². The lowest BCUT2D eigenvalue weighted by Crippen LogP contribution is -2.28. The van der Waals surface area contributed by atoms with Gasteiger partial charge in [0.15, 0.2) is 0 Å². The van der Waals surface area contributed by atoms with E-state index in [-0.39, 0.29) is 10.8 Å². The second-order valence-corrected chi connectivity index (χ2v) is 33.4. The van der Waals surface area contributed by atoms with Crippen molar-refractivity contribution in [2.75, 3.05) is 9.80 Å². The smallest absolute Gasteiger partial charge is 0.0713 e. The summed E-state index contributed by atoms with van der Waals surface area (Å²) >= 11 is 0. The van der Waals surface area contributed by atoms with Gasteiger partial charge in [0.2, 0.25) is 0 Å². The second-order valence-electron chi connectivity index (χ2n) is 33.4. The van der Waals surface area contributed by atoms with E-state index in [1.807, 2.05) is 0 Å². The summed E-state index contributed by atoms with van der Waals surface area (Å²) in [5.74, 6) is 0. The third kappa shape index (κ3) is 10.5. The summed E-state index contributed by atoms with van der Waals surface area (Å²) in [6.45, 7) is 9.67. The highest BCUT2D eigenvalue weighted by Crippen LogP contribution is 2.59. The molecule has 550 valence electrons. The lowest BCUT2D eigenvalue weighted by Gasteiger charge is -2.34. The average Bonchev–Trinajstić information content (AvgIpc) is 1.54. The van der Waals surface area contributed by atoms with Crippen molar-refractivity contribution < 1.29 is 0 Å². The Kier molecular flexibility index (Phi) is 15.3. The molecule has 0 heterocycles. The SMILES string of the molecule is CC1(C)c2cc(C=Cc3ccc4c(c3)C(c3ccccc3)(c3ccccc3)c3cc(C=Cc5ccc6c(c5)C(C)(C)c5cc(N(c7cc8ccccc8c8ccccc78)c7cc8ccccc8c8ccccc78)ccc5-6)ccc3-4)ccc2-c2ccc(N(c3cc4ccccc4c4ccccc34)c3cc4ccccc4c4ccccc34)cc21. The summed E-state index contributed by atoms with van der Waals surface area (Å²) in [5.41, 5.74) is 28.3. The van der Waals surface area contributed by atoms with Gasteiger partial charge in [0.1, 0.15) is 0 Å². The molecular formula is C115H80N2. The van der Waals surface area contributed by atoms with Crippen LogP contribution in [0.4, 0.5) is 34.1 Å². The second kappa shape index (κ2) is 26.3. The van der Waals surface area contributed by atoms with Gasteiger partial charge in [-0.15, -0.1) is 0 Å². The monoisotopic (exact) mass is 1490 g/mol. The van der Waals surface area contributed by atoms with Gasteiger partial charge in [-0.25, -0.2) is 0 Å². The van der Waals surface area contributed by atoms with Crippen molar-refractivity contribution in [3.8, 4) is 33.4 Å². The third-order valence-electron chi connectivity index (χ3n) is 26.4. The number of hydrogen-bond acceptors (Lipinski definition) is 2. The third-order valence-corrected chi connectivity index (χ3v) is 26.4. The molecule has 0 atom stereocenters. The molecule has 2 nitrogen and oxygen atoms in total. The van der Waals surface area contributed by atoms with Crippen molar-refractivity contribution in [3.63, 3.8) is 0 Å². The maximum atomic E-state index is 2.55. The minimum absolute atomic E-state index is 0.307. The molecule has 0 amide bonds. The first-order chi connectivity index (χ1) is 57.5. The molecule has 0 spiro atoms. The van der Waals surface area contributed by atoms with Crippen LogP contribution in [-0.4, -0.2) is 0 Å². The van der Waals surface area contributed by atoms with Crippen molar-refractivity contribution in [2.24, 2.45) is 0 Å². The Hall–Kier alpha value is -14.4. The summed E-state index contributed by atoms with van der Waals surface area (Å²) in [6.07, 6.45) is 9.32. The number of benzene rings is 20. The van der Waals surface area contributed by atoms with E-state index in [2.05, 4.69) is 450 Å². The Morgan fingerprint density at radius 1 is 0.188 bits per heavy atom. The van der Waals surface area contributed by atoms with Gasteiger partial charge in [-0.05, 0) is 225 Å². The highest BCUT2D eigenvalue weighted by Gasteiger charge is 2.47. The summed E-state index contributed by atoms with van der Waals surface area (Å²) < 4.78 is 0. The summed E-state index contributed by atoms with van der Waals surface area (Å²) in [6, 6.07) is 146. The van der Waals surface area contributed by atoms with Crippen molar-refractivity contribution >= 4 is 145 Å². The number of hydrogen-bond donors (Lipinski definition) is 0. The molecule has 20 aromatic rings. The molecule has 0 radical (unpaired) electrons. The molecule has 3 aliphatic rings. The topological polar surface area (TPSA) is 6.48 Å². The maximum absolute atomic E-state index is 2.55. The van der Waals surface area contributed by atoms with Gasteiger partial charge in [-0.3, -0.25) is 0 Å². The molecule has 0 aromatic heterocycles. The van der Waals surface area contributed by atoms with Gasteiger partial charge in [0.05, 0.1) is 28.2 Å². The first-order valence-corrected chi connectivity index (χ1v) is 41.1. The van der Waals surface area contributed by atoms with E-state index in [9.17, 15) is 0 Å². The van der Waals surface area contributed by atoms with E-state index >= 15 is 0 Å². The van der Waals surface area contributed by atoms with E-state index in [0.29, 0.717) is 0 Å². The molecule has 0 N–H and O–H groups in total. The first-order valence-electron chi connectivity index (χ1n) is 41.1. The molecule has 20 aromatic carbocycles. The van der Waals surface area contributed by atoms with E-state index in [1.165, 1.54) is 175 Å². The van der Waals surface area contributed by atoms with Crippen LogP contribution < -0.4 is 9.80 Å². The Labute approximate surface area is 682 Å². The molecule has 0 fully saturated rings. The van der Waals surface area contributed by atoms with Crippen LogP contribution in [0.1, 0.15) is 94.5 Å². The zero-order valence-electron chi connectivity index (χ0n) is 65.7. The van der Waals surface area contributed by atoms with E-state index in [1.54, 1.807) is 0 Å². The standard InChI is InChI=1S/C115H80N2/c1-113(2)103-63-73(51-57-93(103)95-61-55-83(71-105(95)113)116(109-67-77-27-11-15-35-85(77)89-39-19-23-43-99(89)109)110-68-78-28-12-16-36-86(78)90-40-20-24-44-100(90)110)47-49-75-53-59-97-98-60-54-76(66-108(98)115(107(97)65-75,81-31-7-5-8-32-81)82-33-9-6-10-34-82)50-48-74-52-58-94-96-62-56-84(72-106(96)114(3,4)104(94)64-74)117(111-69-79-29-13-17-37-87(79)91-41-21-25-45-101(91)111)112-70-80-30-14-18-38-88(80)92-42-22-26-46-102(92)112/h5-72H,1-4H3. The summed E-state index contributed by atoms with van der Waals surface area (Å²) in [7, 11) is 0. The minimum atomic E-state index is -0.609. The van der Waals surface area contributed by atoms with Crippen LogP contribution in [0.15, 0.2) is 388 Å². The summed E-state index contributed by atoms with van der Waals surface area (Å²) in [5, 5.41) is 19.7. The Bertz CT molecular complexity index is 6950. The molecule has 0 saturated carbocycles. The van der Waals surface area contributed by atoms with E-state index in [0.717, 1.165) is 45.3 Å². The van der Waals surface area contributed by atoms with Gasteiger partial charge in [-0.1, -0.05) is 380 Å². The molecular weight excluding hydrogens is 1410 g/mol. The largest absolute Gasteiger partial charge is 0.309 e. The predicted molar refractivity (Wildman–Crippen MR) is 499 cm³/mol. The highest BCUT2D eigenvalue weighted by molar-refractivity contribution is 6.21. The molecule has 0 bridgehead atoms. The number of rotatable bonds is 12. The Morgan fingerprint density at radius 2 is 0.410 bits per heavy atom. The first kappa shape index (κ1) is 68.2. The predicted octanol–water partition coefficient (Wildman–Crippen LogP) is 31.2. The van der Waals surface area contributed by atoms with Gasteiger partial charge < -0.3 is 9.80 Å². The molecule has 0 aliphatic heterocycles. The van der Waals surface area contributed by atoms with Gasteiger partial charge in [0, 0.05) is 43.7 Å². The Morgan fingerprint density at radius 3 is 0.701 bits per heavy atom. The normalized spacial score (nSPS) is 13.9. The maximum Gasteiger partial charge on any atom is 0.0713 e. The molecule has 117 heavy (non-hydrogen) atoms. The summed E-state index contributed by atoms with van der Waals surface area (Å²) in [4.78, 5) is 5.10. The number of anilines is 6. The zero-order valence-corrected chi connectivity index (χ0v) is 65.7. The van der Waals surface area contributed by atoms with Crippen LogP contribution in [0.5, 0.6) is 0 Å². The van der Waals surface area contributed by atoms with Crippen LogP contribution >= 0.6 is 0 Å². The molecule has 23 rings (SSSR count). The lowest BCUT2D eigenvalue weighted by molar-refractivity contribution is 0.660. The molecule has 2 heteroatoms. The molecule has 0 unspecified atom stereocenters. The highest BCUT2D eigenvalue weighted by atomic mass is 15.2. The molecule has 0 saturated heterocycles. The fourth-order valence-corrected chi connectivity index (χ4v) is 20.8. The van der Waals surface area contributed by atoms with Crippen molar-refractivity contribution in [1.29, 1.82) is 0 Å². The van der Waals surface area contributed by atoms with E-state index < -0.39 is 5.41 Å². The van der Waals surface area contributed by atoms with Crippen molar-refractivity contribution in [2.45, 2.75) is 43.9 Å². The fourth-order valence-electron chi connectivity index (χ4n) is 20.8. The van der Waals surface area contributed by atoms with Crippen LogP contribution in [0, 0.1) is 0 Å². The fraction of sp³-hybridized carbons (Fsp3) is 0.0609. The van der Waals surface area contributed by atoms with Crippen molar-refractivity contribution in [1.82, 2.24) is 0 Å². The number of fused-ring (bicyclic) bond motifs is 21. The molecule has 3 aliphatic carbocycles. The van der Waals surface area contributed by atoms with Crippen molar-refractivity contribution in [3.05, 3.63) is 455 Å². The Balaban J connectivity index is 0.580. The van der Waals surface area contributed by atoms with Crippen LogP contribution in [0.3, 0.4) is 0 Å². The lowest BCUT2D eigenvalue weighted by atomic mass is 9.67. The number of nitrogens with zero attached hydrogens (tertiary/aromatic N) is 2. The van der Waals surface area contributed by atoms with Gasteiger partial charge >= 0.3 is 0 Å². The van der Waals surface area contributed by atoms with Crippen LogP contribution in [0.2, 0.25) is 0 Å². The minimum Gasteiger partial charge on any atom is -0.309 e.